The number of hydrogen-bond donors (Lipinski definition) is 0. The van der Waals surface area contributed by atoms with Gasteiger partial charge in [-0.3, -0.25) is 4.21 Å². The Morgan fingerprint density at radius 1 is 1.38 bits per heavy atom. The quantitative estimate of drug-likeness (QED) is 0.670. The average Bonchev–Trinajstić information content (AvgIpc) is 2.48. The predicted octanol–water partition coefficient (Wildman–Crippen LogP) is 1.68. The standard InChI is InChI=1S/C10H10O2S/c11-13(12)7-9-6-5-8-3-1-2-4-10(8)9/h1-6,9H,7H2,(H,11,12)/p-1. The van der Waals surface area contributed by atoms with Gasteiger partial charge in [0.15, 0.2) is 0 Å². The van der Waals surface area contributed by atoms with Crippen LogP contribution >= 0.6 is 0 Å². The van der Waals surface area contributed by atoms with E-state index in [1.165, 1.54) is 0 Å². The summed E-state index contributed by atoms with van der Waals surface area (Å²) in [5.74, 6) is 0.239. The molecule has 0 N–H and O–H groups in total. The Morgan fingerprint density at radius 3 is 2.92 bits per heavy atom. The van der Waals surface area contributed by atoms with Gasteiger partial charge < -0.3 is 4.55 Å². The molecule has 68 valence electrons. The maximum absolute atomic E-state index is 10.5. The first kappa shape index (κ1) is 8.66. The van der Waals surface area contributed by atoms with Crippen LogP contribution in [-0.2, 0) is 11.1 Å². The zero-order valence-electron chi connectivity index (χ0n) is 6.97. The molecule has 2 nitrogen and oxygen atoms in total. The molecule has 2 unspecified atom stereocenters. The van der Waals surface area contributed by atoms with Gasteiger partial charge in [-0.2, -0.15) is 0 Å². The molecule has 2 atom stereocenters. The highest BCUT2D eigenvalue weighted by Crippen LogP contribution is 2.29. The van der Waals surface area contributed by atoms with E-state index in [0.717, 1.165) is 11.1 Å². The van der Waals surface area contributed by atoms with Crippen molar-refractivity contribution in [2.75, 3.05) is 5.75 Å². The number of rotatable bonds is 2. The SMILES string of the molecule is O=S([O-])CC1C=Cc2ccccc21. The highest BCUT2D eigenvalue weighted by atomic mass is 32.2. The molecule has 0 bridgehead atoms. The van der Waals surface area contributed by atoms with Crippen LogP contribution in [0.5, 0.6) is 0 Å². The van der Waals surface area contributed by atoms with Gasteiger partial charge in [0.05, 0.1) is 0 Å². The molecule has 0 heterocycles. The Labute approximate surface area is 79.6 Å². The third-order valence-electron chi connectivity index (χ3n) is 2.22. The largest absolute Gasteiger partial charge is 0.772 e. The average molecular weight is 193 g/mol. The van der Waals surface area contributed by atoms with Gasteiger partial charge in [-0.15, -0.1) is 0 Å². The van der Waals surface area contributed by atoms with Crippen molar-refractivity contribution in [3.63, 3.8) is 0 Å². The van der Waals surface area contributed by atoms with E-state index in [2.05, 4.69) is 0 Å². The minimum Gasteiger partial charge on any atom is -0.772 e. The van der Waals surface area contributed by atoms with Crippen LogP contribution in [0.3, 0.4) is 0 Å². The van der Waals surface area contributed by atoms with Crippen molar-refractivity contribution < 1.29 is 8.76 Å². The van der Waals surface area contributed by atoms with Gasteiger partial charge in [-0.05, 0) is 11.1 Å². The molecule has 0 aromatic heterocycles. The molecule has 0 saturated heterocycles. The second-order valence-corrected chi connectivity index (χ2v) is 4.01. The van der Waals surface area contributed by atoms with E-state index in [1.54, 1.807) is 0 Å². The van der Waals surface area contributed by atoms with Gasteiger partial charge in [-0.25, -0.2) is 0 Å². The summed E-state index contributed by atoms with van der Waals surface area (Å²) in [6.45, 7) is 0. The number of benzene rings is 1. The van der Waals surface area contributed by atoms with Crippen LogP contribution in [0.15, 0.2) is 30.3 Å². The van der Waals surface area contributed by atoms with Gasteiger partial charge in [0.2, 0.25) is 0 Å². The van der Waals surface area contributed by atoms with Crippen LogP contribution in [0.4, 0.5) is 0 Å². The van der Waals surface area contributed by atoms with Crippen molar-refractivity contribution in [2.24, 2.45) is 0 Å². The Kier molecular flexibility index (Phi) is 2.29. The molecule has 1 aromatic carbocycles. The van der Waals surface area contributed by atoms with Gasteiger partial charge in [0.25, 0.3) is 0 Å². The fraction of sp³-hybridized carbons (Fsp3) is 0.200. The normalized spacial score (nSPS) is 21.5. The zero-order valence-corrected chi connectivity index (χ0v) is 7.79. The molecule has 0 fully saturated rings. The van der Waals surface area contributed by atoms with Gasteiger partial charge >= 0.3 is 0 Å². The molecule has 13 heavy (non-hydrogen) atoms. The Balaban J connectivity index is 2.28. The summed E-state index contributed by atoms with van der Waals surface area (Å²) in [6.07, 6.45) is 3.92. The lowest BCUT2D eigenvalue weighted by Crippen LogP contribution is -2.05. The van der Waals surface area contributed by atoms with Crippen LogP contribution in [0.1, 0.15) is 17.0 Å². The summed E-state index contributed by atoms with van der Waals surface area (Å²) in [5, 5.41) is 0. The maximum atomic E-state index is 10.5. The van der Waals surface area contributed by atoms with E-state index in [9.17, 15) is 8.76 Å². The summed E-state index contributed by atoms with van der Waals surface area (Å²) < 4.78 is 21.1. The Hall–Kier alpha value is -0.930. The van der Waals surface area contributed by atoms with Crippen LogP contribution in [0.25, 0.3) is 6.08 Å². The fourth-order valence-corrected chi connectivity index (χ4v) is 2.20. The molecule has 0 amide bonds. The monoisotopic (exact) mass is 193 g/mol. The lowest BCUT2D eigenvalue weighted by atomic mass is 10.0. The zero-order chi connectivity index (χ0) is 9.26. The van der Waals surface area contributed by atoms with E-state index >= 15 is 0 Å². The molecule has 0 saturated carbocycles. The highest BCUT2D eigenvalue weighted by molar-refractivity contribution is 7.79. The van der Waals surface area contributed by atoms with E-state index in [1.807, 2.05) is 36.4 Å². The van der Waals surface area contributed by atoms with E-state index in [0.29, 0.717) is 0 Å². The smallest absolute Gasteiger partial charge is 0.0206 e. The highest BCUT2D eigenvalue weighted by Gasteiger charge is 2.15. The first-order chi connectivity index (χ1) is 6.27. The van der Waals surface area contributed by atoms with Crippen molar-refractivity contribution in [1.82, 2.24) is 0 Å². The van der Waals surface area contributed by atoms with E-state index in [4.69, 9.17) is 0 Å². The van der Waals surface area contributed by atoms with Crippen molar-refractivity contribution in [1.29, 1.82) is 0 Å². The van der Waals surface area contributed by atoms with Crippen LogP contribution in [0.2, 0.25) is 0 Å². The fourth-order valence-electron chi connectivity index (χ4n) is 1.62. The summed E-state index contributed by atoms with van der Waals surface area (Å²) in [4.78, 5) is 0. The number of allylic oxidation sites excluding steroid dienone is 1. The molecule has 1 aliphatic carbocycles. The van der Waals surface area contributed by atoms with Crippen molar-refractivity contribution >= 4 is 17.2 Å². The van der Waals surface area contributed by atoms with Crippen molar-refractivity contribution in [3.8, 4) is 0 Å². The molecule has 1 aromatic rings. The van der Waals surface area contributed by atoms with E-state index < -0.39 is 11.1 Å². The predicted molar refractivity (Wildman–Crippen MR) is 52.0 cm³/mol. The number of fused-ring (bicyclic) bond motifs is 1. The molecule has 2 rings (SSSR count). The molecule has 0 aliphatic heterocycles. The minimum atomic E-state index is -1.96. The first-order valence-corrected chi connectivity index (χ1v) is 5.35. The second kappa shape index (κ2) is 3.44. The van der Waals surface area contributed by atoms with E-state index in [-0.39, 0.29) is 11.7 Å². The summed E-state index contributed by atoms with van der Waals surface area (Å²) in [7, 11) is 0. The Bertz CT molecular complexity index is 371. The molecule has 0 radical (unpaired) electrons. The van der Waals surface area contributed by atoms with Gasteiger partial charge in [0.1, 0.15) is 0 Å². The molecule has 3 heteroatoms. The van der Waals surface area contributed by atoms with Crippen molar-refractivity contribution in [3.05, 3.63) is 41.5 Å². The molecule has 1 aliphatic rings. The summed E-state index contributed by atoms with van der Waals surface area (Å²) in [6, 6.07) is 7.87. The van der Waals surface area contributed by atoms with Crippen LogP contribution in [-0.4, -0.2) is 14.5 Å². The maximum Gasteiger partial charge on any atom is 0.0206 e. The molecular weight excluding hydrogens is 184 g/mol. The van der Waals surface area contributed by atoms with Crippen LogP contribution in [0, 0.1) is 0 Å². The third-order valence-corrected chi connectivity index (χ3v) is 2.85. The lowest BCUT2D eigenvalue weighted by molar-refractivity contribution is 0.534. The molecule has 0 spiro atoms. The van der Waals surface area contributed by atoms with Gasteiger partial charge in [-0.1, -0.05) is 47.5 Å². The number of hydrogen-bond acceptors (Lipinski definition) is 2. The summed E-state index contributed by atoms with van der Waals surface area (Å²) in [5.41, 5.74) is 2.25. The lowest BCUT2D eigenvalue weighted by Gasteiger charge is -2.12. The first-order valence-electron chi connectivity index (χ1n) is 4.10. The third kappa shape index (κ3) is 1.71. The molecular formula is C10H9O2S-. The van der Waals surface area contributed by atoms with Crippen molar-refractivity contribution in [2.45, 2.75) is 5.92 Å². The second-order valence-electron chi connectivity index (χ2n) is 3.06. The van der Waals surface area contributed by atoms with Gasteiger partial charge in [0, 0.05) is 11.7 Å². The summed E-state index contributed by atoms with van der Waals surface area (Å²) >= 11 is -1.96. The van der Waals surface area contributed by atoms with Crippen LogP contribution < -0.4 is 0 Å². The minimum absolute atomic E-state index is 0.0505. The Morgan fingerprint density at radius 2 is 2.15 bits per heavy atom. The topological polar surface area (TPSA) is 40.1 Å².